The second kappa shape index (κ2) is 8.52. The van der Waals surface area contributed by atoms with Gasteiger partial charge in [0, 0.05) is 30.2 Å². The highest BCUT2D eigenvalue weighted by Gasteiger charge is 2.06. The van der Waals surface area contributed by atoms with E-state index in [0.717, 1.165) is 28.1 Å². The summed E-state index contributed by atoms with van der Waals surface area (Å²) in [5.41, 5.74) is 10.2. The van der Waals surface area contributed by atoms with E-state index in [4.69, 9.17) is 5.73 Å². The molecule has 8 heteroatoms. The molecule has 0 saturated carbocycles. The molecule has 0 amide bonds. The van der Waals surface area contributed by atoms with Gasteiger partial charge in [0.2, 0.25) is 11.9 Å². The average molecular weight is 401 g/mol. The molecule has 2 aromatic carbocycles. The van der Waals surface area contributed by atoms with Gasteiger partial charge in [0.25, 0.3) is 0 Å². The molecule has 0 aliphatic heterocycles. The molecular weight excluding hydrogens is 381 g/mol. The summed E-state index contributed by atoms with van der Waals surface area (Å²) < 4.78 is 13.0. The van der Waals surface area contributed by atoms with Crippen LogP contribution in [0, 0.1) is 12.7 Å². The van der Waals surface area contributed by atoms with Gasteiger partial charge in [-0.25, -0.2) is 19.3 Å². The van der Waals surface area contributed by atoms with Gasteiger partial charge >= 0.3 is 0 Å². The molecule has 0 radical (unpaired) electrons. The first-order chi connectivity index (χ1) is 14.6. The lowest BCUT2D eigenvalue weighted by atomic mass is 10.1. The number of nitrogens with one attached hydrogen (secondary N) is 2. The number of nitrogen functional groups attached to an aromatic ring is 1. The molecule has 0 saturated heterocycles. The van der Waals surface area contributed by atoms with E-state index in [1.54, 1.807) is 30.6 Å². The lowest BCUT2D eigenvalue weighted by Gasteiger charge is -2.10. The minimum Gasteiger partial charge on any atom is -0.368 e. The number of halogens is 1. The van der Waals surface area contributed by atoms with Gasteiger partial charge in [-0.3, -0.25) is 0 Å². The Morgan fingerprint density at radius 1 is 0.933 bits per heavy atom. The van der Waals surface area contributed by atoms with E-state index in [1.807, 2.05) is 31.2 Å². The van der Waals surface area contributed by atoms with Crippen molar-refractivity contribution in [1.29, 1.82) is 0 Å². The van der Waals surface area contributed by atoms with Crippen LogP contribution in [0.1, 0.15) is 11.1 Å². The Balaban J connectivity index is 1.43. The number of benzene rings is 2. The van der Waals surface area contributed by atoms with E-state index in [0.29, 0.717) is 18.3 Å². The minimum atomic E-state index is -0.259. The maximum atomic E-state index is 13.0. The normalized spacial score (nSPS) is 10.6. The average Bonchev–Trinajstić information content (AvgIpc) is 2.76. The van der Waals surface area contributed by atoms with Crippen LogP contribution in [0.25, 0.3) is 11.3 Å². The van der Waals surface area contributed by atoms with Crippen molar-refractivity contribution in [2.75, 3.05) is 16.4 Å². The van der Waals surface area contributed by atoms with Gasteiger partial charge in [-0.15, -0.1) is 0 Å². The van der Waals surface area contributed by atoms with Gasteiger partial charge in [0.05, 0.1) is 5.69 Å². The lowest BCUT2D eigenvalue weighted by molar-refractivity contribution is 0.627. The van der Waals surface area contributed by atoms with Crippen molar-refractivity contribution in [2.45, 2.75) is 13.5 Å². The van der Waals surface area contributed by atoms with Crippen molar-refractivity contribution in [3.63, 3.8) is 0 Å². The van der Waals surface area contributed by atoms with Crippen LogP contribution in [-0.2, 0) is 6.54 Å². The molecule has 30 heavy (non-hydrogen) atoms. The third-order valence-electron chi connectivity index (χ3n) is 4.44. The molecule has 4 rings (SSSR count). The highest BCUT2D eigenvalue weighted by Crippen LogP contribution is 2.24. The molecule has 150 valence electrons. The Hall–Kier alpha value is -4.07. The fourth-order valence-electron chi connectivity index (χ4n) is 2.90. The smallest absolute Gasteiger partial charge is 0.224 e. The summed E-state index contributed by atoms with van der Waals surface area (Å²) in [4.78, 5) is 17.0. The fourth-order valence-corrected chi connectivity index (χ4v) is 2.90. The maximum Gasteiger partial charge on any atom is 0.224 e. The van der Waals surface area contributed by atoms with Crippen LogP contribution < -0.4 is 16.4 Å². The molecule has 0 aliphatic carbocycles. The van der Waals surface area contributed by atoms with Gasteiger partial charge < -0.3 is 16.4 Å². The van der Waals surface area contributed by atoms with E-state index in [2.05, 4.69) is 30.6 Å². The Kier molecular flexibility index (Phi) is 5.47. The molecule has 0 bridgehead atoms. The maximum absolute atomic E-state index is 13.0. The van der Waals surface area contributed by atoms with Crippen molar-refractivity contribution in [1.82, 2.24) is 19.9 Å². The highest BCUT2D eigenvalue weighted by molar-refractivity contribution is 5.67. The largest absolute Gasteiger partial charge is 0.368 e. The van der Waals surface area contributed by atoms with Gasteiger partial charge in [-0.2, -0.15) is 4.98 Å². The number of aromatic nitrogens is 4. The second-order valence-electron chi connectivity index (χ2n) is 6.71. The molecule has 0 fully saturated rings. The predicted molar refractivity (Wildman–Crippen MR) is 116 cm³/mol. The Morgan fingerprint density at radius 3 is 2.47 bits per heavy atom. The monoisotopic (exact) mass is 401 g/mol. The zero-order valence-corrected chi connectivity index (χ0v) is 16.3. The third-order valence-corrected chi connectivity index (χ3v) is 4.44. The topological polar surface area (TPSA) is 102 Å². The summed E-state index contributed by atoms with van der Waals surface area (Å²) in [6.45, 7) is 2.45. The number of rotatable bonds is 6. The van der Waals surface area contributed by atoms with E-state index >= 15 is 0 Å². The zero-order chi connectivity index (χ0) is 20.9. The van der Waals surface area contributed by atoms with Crippen LogP contribution in [0.3, 0.4) is 0 Å². The quantitative estimate of drug-likeness (QED) is 0.442. The number of hydrogen-bond donors (Lipinski definition) is 3. The van der Waals surface area contributed by atoms with Crippen LogP contribution in [0.2, 0.25) is 0 Å². The molecule has 2 heterocycles. The highest BCUT2D eigenvalue weighted by atomic mass is 19.1. The second-order valence-corrected chi connectivity index (χ2v) is 6.71. The van der Waals surface area contributed by atoms with Crippen LogP contribution in [0.4, 0.5) is 27.8 Å². The van der Waals surface area contributed by atoms with Crippen LogP contribution in [0.5, 0.6) is 0 Å². The van der Waals surface area contributed by atoms with E-state index in [-0.39, 0.29) is 11.8 Å². The van der Waals surface area contributed by atoms with Crippen LogP contribution >= 0.6 is 0 Å². The van der Waals surface area contributed by atoms with Crippen molar-refractivity contribution in [3.05, 3.63) is 83.9 Å². The van der Waals surface area contributed by atoms with Crippen LogP contribution in [0.15, 0.2) is 67.0 Å². The number of anilines is 4. The molecule has 0 unspecified atom stereocenters. The number of nitrogens with zero attached hydrogens (tertiary/aromatic N) is 4. The Bertz CT molecular complexity index is 1140. The van der Waals surface area contributed by atoms with Crippen LogP contribution in [-0.4, -0.2) is 19.9 Å². The summed E-state index contributed by atoms with van der Waals surface area (Å²) in [5.74, 6) is 1.12. The molecule has 7 nitrogen and oxygen atoms in total. The van der Waals surface area contributed by atoms with Crippen molar-refractivity contribution < 1.29 is 4.39 Å². The number of aryl methyl sites for hydroxylation is 1. The summed E-state index contributed by atoms with van der Waals surface area (Å²) in [5, 5.41) is 6.39. The molecular formula is C22H20FN7. The van der Waals surface area contributed by atoms with E-state index in [9.17, 15) is 4.39 Å². The first kappa shape index (κ1) is 19.3. The molecule has 0 atom stereocenters. The summed E-state index contributed by atoms with van der Waals surface area (Å²) in [6.07, 6.45) is 3.38. The Morgan fingerprint density at radius 2 is 1.70 bits per heavy atom. The fraction of sp³-hybridized carbons (Fsp3) is 0.0909. The van der Waals surface area contributed by atoms with Gasteiger partial charge in [0.1, 0.15) is 11.6 Å². The number of hydrogen-bond acceptors (Lipinski definition) is 7. The molecule has 2 aromatic heterocycles. The zero-order valence-electron chi connectivity index (χ0n) is 16.3. The first-order valence-corrected chi connectivity index (χ1v) is 9.35. The number of nitrogens with two attached hydrogens (primary N) is 1. The summed E-state index contributed by atoms with van der Waals surface area (Å²) in [7, 11) is 0. The standard InChI is InChI=1S/C22H20FN7/c1-14-12-26-21(24)30-20(14)16-4-8-18(9-5-16)28-19-10-11-25-22(29-19)27-13-15-2-6-17(23)7-3-15/h2-12H,13H2,1H3,(H2,24,26,30)(H2,25,27,28,29). The van der Waals surface area contributed by atoms with Crippen molar-refractivity contribution >= 4 is 23.4 Å². The molecule has 4 N–H and O–H groups in total. The van der Waals surface area contributed by atoms with E-state index < -0.39 is 0 Å². The predicted octanol–water partition coefficient (Wildman–Crippen LogP) is 4.32. The van der Waals surface area contributed by atoms with Gasteiger partial charge in [0.15, 0.2) is 0 Å². The Labute approximate surface area is 173 Å². The van der Waals surface area contributed by atoms with E-state index in [1.165, 1.54) is 12.1 Å². The lowest BCUT2D eigenvalue weighted by Crippen LogP contribution is -2.05. The van der Waals surface area contributed by atoms with Gasteiger partial charge in [-0.1, -0.05) is 24.3 Å². The SMILES string of the molecule is Cc1cnc(N)nc1-c1ccc(Nc2ccnc(NCc3ccc(F)cc3)n2)cc1. The molecule has 0 spiro atoms. The van der Waals surface area contributed by atoms with Gasteiger partial charge in [-0.05, 0) is 48.4 Å². The molecule has 0 aliphatic rings. The molecule has 4 aromatic rings. The minimum absolute atomic E-state index is 0.249. The van der Waals surface area contributed by atoms with Crippen molar-refractivity contribution in [2.24, 2.45) is 0 Å². The first-order valence-electron chi connectivity index (χ1n) is 9.35. The third kappa shape index (κ3) is 4.67. The summed E-state index contributed by atoms with van der Waals surface area (Å²) >= 11 is 0. The van der Waals surface area contributed by atoms with Crippen molar-refractivity contribution in [3.8, 4) is 11.3 Å². The summed E-state index contributed by atoms with van der Waals surface area (Å²) in [6, 6.07) is 15.9.